The molecule has 2 rings (SSSR count). The van der Waals surface area contributed by atoms with Gasteiger partial charge in [-0.25, -0.2) is 4.98 Å². The number of para-hydroxylation sites is 1. The highest BCUT2D eigenvalue weighted by molar-refractivity contribution is 5.71. The molecule has 0 aliphatic rings. The summed E-state index contributed by atoms with van der Waals surface area (Å²) >= 11 is 0. The molecule has 0 aliphatic heterocycles. The highest BCUT2D eigenvalue weighted by Gasteiger charge is 2.11. The van der Waals surface area contributed by atoms with Gasteiger partial charge in [-0.05, 0) is 13.0 Å². The van der Waals surface area contributed by atoms with Crippen LogP contribution in [-0.2, 0) is 17.8 Å². The highest BCUT2D eigenvalue weighted by Crippen LogP contribution is 2.22. The topological polar surface area (TPSA) is 81.4 Å². The van der Waals surface area contributed by atoms with Gasteiger partial charge in [0.15, 0.2) is 0 Å². The lowest BCUT2D eigenvalue weighted by molar-refractivity contribution is -0.136. The van der Waals surface area contributed by atoms with Gasteiger partial charge in [0.1, 0.15) is 5.75 Å². The normalized spacial score (nSPS) is 10.2. The molecule has 20 heavy (non-hydrogen) atoms. The summed E-state index contributed by atoms with van der Waals surface area (Å²) in [5.41, 5.74) is 0.147. The molecule has 0 saturated carbocycles. The monoisotopic (exact) mass is 274 g/mol. The molecular weight excluding hydrogens is 260 g/mol. The van der Waals surface area contributed by atoms with E-state index in [2.05, 4.69) is 4.98 Å². The number of carbonyl (C=O) groups is 1. The summed E-state index contributed by atoms with van der Waals surface area (Å²) in [5.74, 6) is -0.700. The summed E-state index contributed by atoms with van der Waals surface area (Å²) in [4.78, 5) is 26.7. The van der Waals surface area contributed by atoms with Crippen molar-refractivity contribution in [3.63, 3.8) is 0 Å². The molecule has 1 N–H and O–H groups in total. The van der Waals surface area contributed by atoms with Crippen LogP contribution < -0.4 is 10.3 Å². The Bertz CT molecular complexity index is 679. The van der Waals surface area contributed by atoms with Crippen molar-refractivity contribution in [3.05, 3.63) is 52.6 Å². The van der Waals surface area contributed by atoms with Crippen LogP contribution in [0.25, 0.3) is 0 Å². The molecular formula is C14H14N2O4. The number of carboxylic acid groups (broad SMARTS) is 1. The second kappa shape index (κ2) is 6.01. The fourth-order valence-corrected chi connectivity index (χ4v) is 1.76. The molecule has 0 spiro atoms. The van der Waals surface area contributed by atoms with Gasteiger partial charge < -0.3 is 14.4 Å². The van der Waals surface area contributed by atoms with Crippen LogP contribution in [0.5, 0.6) is 11.6 Å². The molecule has 1 aromatic heterocycles. The van der Waals surface area contributed by atoms with E-state index in [4.69, 9.17) is 9.84 Å². The van der Waals surface area contributed by atoms with Crippen molar-refractivity contribution in [2.45, 2.75) is 19.9 Å². The average molecular weight is 274 g/mol. The van der Waals surface area contributed by atoms with Gasteiger partial charge in [0.25, 0.3) is 5.88 Å². The molecule has 6 heteroatoms. The average Bonchev–Trinajstić information content (AvgIpc) is 2.42. The van der Waals surface area contributed by atoms with Gasteiger partial charge in [-0.2, -0.15) is 0 Å². The van der Waals surface area contributed by atoms with Crippen LogP contribution in [0.1, 0.15) is 12.5 Å². The van der Waals surface area contributed by atoms with Gasteiger partial charge in [0, 0.05) is 24.5 Å². The standard InChI is InChI=1S/C14H14N2O4/c1-2-16-8-7-15-13(14(16)19)20-11-6-4-3-5-10(11)9-12(17)18/h3-8H,2,9H2,1H3,(H,17,18). The molecule has 2 aromatic rings. The fraction of sp³-hybridized carbons (Fsp3) is 0.214. The molecule has 0 saturated heterocycles. The molecule has 0 bridgehead atoms. The lowest BCUT2D eigenvalue weighted by atomic mass is 10.1. The quantitative estimate of drug-likeness (QED) is 0.897. The van der Waals surface area contributed by atoms with Crippen molar-refractivity contribution in [2.75, 3.05) is 0 Å². The Kier molecular flexibility index (Phi) is 4.14. The number of hydrogen-bond donors (Lipinski definition) is 1. The molecule has 104 valence electrons. The lowest BCUT2D eigenvalue weighted by Gasteiger charge is -2.09. The van der Waals surface area contributed by atoms with Gasteiger partial charge in [-0.15, -0.1) is 0 Å². The summed E-state index contributed by atoms with van der Waals surface area (Å²) in [6, 6.07) is 6.68. The van der Waals surface area contributed by atoms with Crippen molar-refractivity contribution >= 4 is 5.97 Å². The number of nitrogens with zero attached hydrogens (tertiary/aromatic N) is 2. The first-order chi connectivity index (χ1) is 9.61. The van der Waals surface area contributed by atoms with E-state index in [1.54, 1.807) is 30.5 Å². The van der Waals surface area contributed by atoms with Gasteiger partial charge >= 0.3 is 11.5 Å². The molecule has 0 fully saturated rings. The van der Waals surface area contributed by atoms with Crippen LogP contribution in [0.15, 0.2) is 41.5 Å². The number of aromatic nitrogens is 2. The predicted octanol–water partition coefficient (Wildman–Crippen LogP) is 1.68. The second-order valence-corrected chi connectivity index (χ2v) is 4.10. The van der Waals surface area contributed by atoms with Gasteiger partial charge in [0.05, 0.1) is 6.42 Å². The zero-order valence-electron chi connectivity index (χ0n) is 10.9. The number of aliphatic carboxylic acids is 1. The summed E-state index contributed by atoms with van der Waals surface area (Å²) in [6.45, 7) is 2.35. The van der Waals surface area contributed by atoms with E-state index in [1.165, 1.54) is 10.8 Å². The van der Waals surface area contributed by atoms with Gasteiger partial charge in [-0.1, -0.05) is 18.2 Å². The maximum Gasteiger partial charge on any atom is 0.313 e. The van der Waals surface area contributed by atoms with Crippen molar-refractivity contribution in [3.8, 4) is 11.6 Å². The maximum atomic E-state index is 12.0. The zero-order chi connectivity index (χ0) is 14.5. The zero-order valence-corrected chi connectivity index (χ0v) is 10.9. The summed E-state index contributed by atoms with van der Waals surface area (Å²) in [7, 11) is 0. The summed E-state index contributed by atoms with van der Waals surface area (Å²) in [6.07, 6.45) is 2.86. The third-order valence-corrected chi connectivity index (χ3v) is 2.74. The van der Waals surface area contributed by atoms with E-state index in [-0.39, 0.29) is 17.9 Å². The Labute approximate surface area is 115 Å². The molecule has 0 aliphatic carbocycles. The van der Waals surface area contributed by atoms with E-state index >= 15 is 0 Å². The largest absolute Gasteiger partial charge is 0.481 e. The first-order valence-corrected chi connectivity index (χ1v) is 6.14. The van der Waals surface area contributed by atoms with Crippen LogP contribution in [0.2, 0.25) is 0 Å². The minimum atomic E-state index is -0.965. The van der Waals surface area contributed by atoms with Crippen molar-refractivity contribution in [1.29, 1.82) is 0 Å². The van der Waals surface area contributed by atoms with E-state index in [0.717, 1.165) is 0 Å². The predicted molar refractivity (Wildman–Crippen MR) is 72.0 cm³/mol. The van der Waals surface area contributed by atoms with E-state index in [1.807, 2.05) is 6.92 Å². The lowest BCUT2D eigenvalue weighted by Crippen LogP contribution is -2.20. The number of aryl methyl sites for hydroxylation is 1. The van der Waals surface area contributed by atoms with Gasteiger partial charge in [0.2, 0.25) is 0 Å². The molecule has 0 unspecified atom stereocenters. The second-order valence-electron chi connectivity index (χ2n) is 4.10. The van der Waals surface area contributed by atoms with Crippen molar-refractivity contribution < 1.29 is 14.6 Å². The molecule has 0 atom stereocenters. The minimum absolute atomic E-state index is 0.0628. The minimum Gasteiger partial charge on any atom is -0.481 e. The maximum absolute atomic E-state index is 12.0. The van der Waals surface area contributed by atoms with Crippen LogP contribution in [-0.4, -0.2) is 20.6 Å². The van der Waals surface area contributed by atoms with Crippen LogP contribution in [0.3, 0.4) is 0 Å². The first kappa shape index (κ1) is 13.8. The Hall–Kier alpha value is -2.63. The molecule has 1 heterocycles. The molecule has 0 radical (unpaired) electrons. The smallest absolute Gasteiger partial charge is 0.313 e. The number of rotatable bonds is 5. The molecule has 1 aromatic carbocycles. The third-order valence-electron chi connectivity index (χ3n) is 2.74. The number of ether oxygens (including phenoxy) is 1. The van der Waals surface area contributed by atoms with Gasteiger partial charge in [-0.3, -0.25) is 9.59 Å². The van der Waals surface area contributed by atoms with Crippen LogP contribution >= 0.6 is 0 Å². The Morgan fingerprint density at radius 2 is 2.15 bits per heavy atom. The first-order valence-electron chi connectivity index (χ1n) is 6.14. The Morgan fingerprint density at radius 1 is 1.40 bits per heavy atom. The highest BCUT2D eigenvalue weighted by atomic mass is 16.5. The Morgan fingerprint density at radius 3 is 2.85 bits per heavy atom. The fourth-order valence-electron chi connectivity index (χ4n) is 1.76. The Balaban J connectivity index is 2.35. The molecule has 0 amide bonds. The number of carboxylic acids is 1. The van der Waals surface area contributed by atoms with Crippen molar-refractivity contribution in [2.24, 2.45) is 0 Å². The number of hydrogen-bond acceptors (Lipinski definition) is 4. The van der Waals surface area contributed by atoms with E-state index < -0.39 is 5.97 Å². The van der Waals surface area contributed by atoms with Crippen LogP contribution in [0, 0.1) is 0 Å². The number of benzene rings is 1. The van der Waals surface area contributed by atoms with E-state index in [9.17, 15) is 9.59 Å². The third kappa shape index (κ3) is 3.03. The summed E-state index contributed by atoms with van der Waals surface area (Å²) < 4.78 is 6.94. The SMILES string of the molecule is CCn1ccnc(Oc2ccccc2CC(=O)O)c1=O. The van der Waals surface area contributed by atoms with Crippen molar-refractivity contribution in [1.82, 2.24) is 9.55 Å². The van der Waals surface area contributed by atoms with E-state index in [0.29, 0.717) is 17.9 Å². The molecule has 6 nitrogen and oxygen atoms in total. The van der Waals surface area contributed by atoms with Crippen LogP contribution in [0.4, 0.5) is 0 Å². The summed E-state index contributed by atoms with van der Waals surface area (Å²) in [5, 5.41) is 8.86.